The molecule has 100 valence electrons. The Morgan fingerprint density at radius 3 is 2.70 bits per heavy atom. The number of nitrogens with one attached hydrogen (secondary N) is 1. The zero-order valence-electron chi connectivity index (χ0n) is 10.9. The van der Waals surface area contributed by atoms with E-state index in [1.807, 2.05) is 31.2 Å². The third kappa shape index (κ3) is 3.17. The smallest absolute Gasteiger partial charge is 0.251 e. The SMILES string of the molecule is CC(NC(=O)c1cccc(C#N)c1)c1ccccc1Cl. The van der Waals surface area contributed by atoms with Crippen molar-refractivity contribution < 1.29 is 4.79 Å². The van der Waals surface area contributed by atoms with Crippen molar-refractivity contribution in [2.24, 2.45) is 0 Å². The maximum Gasteiger partial charge on any atom is 0.251 e. The van der Waals surface area contributed by atoms with E-state index in [9.17, 15) is 4.79 Å². The van der Waals surface area contributed by atoms with E-state index in [-0.39, 0.29) is 11.9 Å². The van der Waals surface area contributed by atoms with Gasteiger partial charge < -0.3 is 5.32 Å². The van der Waals surface area contributed by atoms with Gasteiger partial charge in [-0.05, 0) is 36.8 Å². The van der Waals surface area contributed by atoms with Crippen molar-refractivity contribution in [3.63, 3.8) is 0 Å². The summed E-state index contributed by atoms with van der Waals surface area (Å²) in [4.78, 5) is 12.1. The molecular weight excluding hydrogens is 272 g/mol. The summed E-state index contributed by atoms with van der Waals surface area (Å²) < 4.78 is 0. The molecule has 1 amide bonds. The van der Waals surface area contributed by atoms with E-state index in [1.165, 1.54) is 0 Å². The third-order valence-electron chi connectivity index (χ3n) is 2.97. The summed E-state index contributed by atoms with van der Waals surface area (Å²) in [6.45, 7) is 1.87. The van der Waals surface area contributed by atoms with Gasteiger partial charge in [0.1, 0.15) is 0 Å². The molecule has 0 heterocycles. The molecule has 0 spiro atoms. The first kappa shape index (κ1) is 14.1. The second-order valence-corrected chi connectivity index (χ2v) is 4.82. The molecular formula is C16H13ClN2O. The fourth-order valence-corrected chi connectivity index (χ4v) is 2.21. The van der Waals surface area contributed by atoms with Crippen LogP contribution >= 0.6 is 11.6 Å². The molecule has 0 saturated heterocycles. The molecule has 20 heavy (non-hydrogen) atoms. The van der Waals surface area contributed by atoms with Gasteiger partial charge in [0, 0.05) is 10.6 Å². The lowest BCUT2D eigenvalue weighted by atomic mass is 10.1. The van der Waals surface area contributed by atoms with Crippen LogP contribution in [0.1, 0.15) is 34.5 Å². The van der Waals surface area contributed by atoms with Crippen LogP contribution in [0.15, 0.2) is 48.5 Å². The number of nitrogens with zero attached hydrogens (tertiary/aromatic N) is 1. The summed E-state index contributed by atoms with van der Waals surface area (Å²) in [5, 5.41) is 12.3. The molecule has 0 aliphatic carbocycles. The largest absolute Gasteiger partial charge is 0.345 e. The molecule has 3 nitrogen and oxygen atoms in total. The molecule has 2 aromatic carbocycles. The number of amides is 1. The maximum absolute atomic E-state index is 12.1. The number of carbonyl (C=O) groups is 1. The number of nitriles is 1. The minimum Gasteiger partial charge on any atom is -0.345 e. The second kappa shape index (κ2) is 6.23. The van der Waals surface area contributed by atoms with Gasteiger partial charge in [-0.25, -0.2) is 0 Å². The van der Waals surface area contributed by atoms with Crippen LogP contribution in [0.2, 0.25) is 5.02 Å². The van der Waals surface area contributed by atoms with E-state index in [0.717, 1.165) is 5.56 Å². The van der Waals surface area contributed by atoms with Crippen LogP contribution in [0.5, 0.6) is 0 Å². The Hall–Kier alpha value is -2.31. The van der Waals surface area contributed by atoms with Gasteiger partial charge in [0.2, 0.25) is 0 Å². The van der Waals surface area contributed by atoms with Gasteiger partial charge in [0.15, 0.2) is 0 Å². The van der Waals surface area contributed by atoms with Crippen molar-refractivity contribution in [1.82, 2.24) is 5.32 Å². The normalized spacial score (nSPS) is 11.4. The zero-order valence-corrected chi connectivity index (χ0v) is 11.7. The van der Waals surface area contributed by atoms with E-state index < -0.39 is 0 Å². The van der Waals surface area contributed by atoms with Gasteiger partial charge in [-0.2, -0.15) is 5.26 Å². The van der Waals surface area contributed by atoms with Crippen LogP contribution in [0.25, 0.3) is 0 Å². The molecule has 0 aromatic heterocycles. The molecule has 0 bridgehead atoms. The highest BCUT2D eigenvalue weighted by molar-refractivity contribution is 6.31. The van der Waals surface area contributed by atoms with Crippen molar-refractivity contribution in [3.8, 4) is 6.07 Å². The van der Waals surface area contributed by atoms with Crippen molar-refractivity contribution in [1.29, 1.82) is 5.26 Å². The number of benzene rings is 2. The van der Waals surface area contributed by atoms with Gasteiger partial charge in [0.25, 0.3) is 5.91 Å². The first-order valence-electron chi connectivity index (χ1n) is 6.17. The summed E-state index contributed by atoms with van der Waals surface area (Å²) in [5.41, 5.74) is 1.78. The molecule has 0 aliphatic heterocycles. The second-order valence-electron chi connectivity index (χ2n) is 4.41. The Kier molecular flexibility index (Phi) is 4.39. The van der Waals surface area contributed by atoms with Crippen LogP contribution in [0, 0.1) is 11.3 Å². The van der Waals surface area contributed by atoms with Crippen LogP contribution in [-0.4, -0.2) is 5.91 Å². The van der Waals surface area contributed by atoms with Gasteiger partial charge in [-0.3, -0.25) is 4.79 Å². The number of halogens is 1. The van der Waals surface area contributed by atoms with Crippen molar-refractivity contribution in [2.45, 2.75) is 13.0 Å². The molecule has 0 fully saturated rings. The highest BCUT2D eigenvalue weighted by Gasteiger charge is 2.13. The maximum atomic E-state index is 12.1. The topological polar surface area (TPSA) is 52.9 Å². The lowest BCUT2D eigenvalue weighted by Gasteiger charge is -2.15. The highest BCUT2D eigenvalue weighted by atomic mass is 35.5. The van der Waals surface area contributed by atoms with Crippen molar-refractivity contribution >= 4 is 17.5 Å². The molecule has 2 rings (SSSR count). The molecule has 4 heteroatoms. The number of carbonyl (C=O) groups excluding carboxylic acids is 1. The van der Waals surface area contributed by atoms with Crippen LogP contribution in [-0.2, 0) is 0 Å². The minimum atomic E-state index is -0.227. The minimum absolute atomic E-state index is 0.207. The highest BCUT2D eigenvalue weighted by Crippen LogP contribution is 2.22. The number of hydrogen-bond donors (Lipinski definition) is 1. The van der Waals surface area contributed by atoms with E-state index in [2.05, 4.69) is 5.32 Å². The first-order valence-corrected chi connectivity index (χ1v) is 6.55. The summed E-state index contributed by atoms with van der Waals surface area (Å²) in [7, 11) is 0. The summed E-state index contributed by atoms with van der Waals surface area (Å²) in [6, 6.07) is 15.8. The third-order valence-corrected chi connectivity index (χ3v) is 3.32. The van der Waals surface area contributed by atoms with Gasteiger partial charge in [-0.15, -0.1) is 0 Å². The number of rotatable bonds is 3. The molecule has 1 N–H and O–H groups in total. The Morgan fingerprint density at radius 2 is 2.00 bits per heavy atom. The average molecular weight is 285 g/mol. The van der Waals surface area contributed by atoms with E-state index in [1.54, 1.807) is 30.3 Å². The van der Waals surface area contributed by atoms with Crippen LogP contribution < -0.4 is 5.32 Å². The van der Waals surface area contributed by atoms with Gasteiger partial charge in [-0.1, -0.05) is 35.9 Å². The summed E-state index contributed by atoms with van der Waals surface area (Å²) >= 11 is 6.10. The Labute approximate surface area is 122 Å². The van der Waals surface area contributed by atoms with Crippen LogP contribution in [0.3, 0.4) is 0 Å². The predicted octanol–water partition coefficient (Wildman–Crippen LogP) is 3.70. The van der Waals surface area contributed by atoms with Gasteiger partial charge >= 0.3 is 0 Å². The van der Waals surface area contributed by atoms with E-state index in [0.29, 0.717) is 16.1 Å². The fourth-order valence-electron chi connectivity index (χ4n) is 1.91. The van der Waals surface area contributed by atoms with E-state index in [4.69, 9.17) is 16.9 Å². The molecule has 0 saturated carbocycles. The average Bonchev–Trinajstić information content (AvgIpc) is 2.47. The summed E-state index contributed by atoms with van der Waals surface area (Å²) in [6.07, 6.45) is 0. The van der Waals surface area contributed by atoms with Crippen molar-refractivity contribution in [2.75, 3.05) is 0 Å². The Morgan fingerprint density at radius 1 is 1.25 bits per heavy atom. The Bertz CT molecular complexity index is 676. The molecule has 0 radical (unpaired) electrons. The quantitative estimate of drug-likeness (QED) is 0.934. The Balaban J connectivity index is 2.15. The fraction of sp³-hybridized carbons (Fsp3) is 0.125. The van der Waals surface area contributed by atoms with Crippen LogP contribution in [0.4, 0.5) is 0 Å². The number of hydrogen-bond acceptors (Lipinski definition) is 2. The van der Waals surface area contributed by atoms with E-state index >= 15 is 0 Å². The van der Waals surface area contributed by atoms with Gasteiger partial charge in [0.05, 0.1) is 17.7 Å². The lowest BCUT2D eigenvalue weighted by Crippen LogP contribution is -2.26. The molecule has 1 atom stereocenters. The standard InChI is InChI=1S/C16H13ClN2O/c1-11(14-7-2-3-8-15(14)17)19-16(20)13-6-4-5-12(9-13)10-18/h2-9,11H,1H3,(H,19,20). The lowest BCUT2D eigenvalue weighted by molar-refractivity contribution is 0.0940. The predicted molar refractivity (Wildman–Crippen MR) is 78.5 cm³/mol. The zero-order chi connectivity index (χ0) is 14.5. The molecule has 1 unspecified atom stereocenters. The van der Waals surface area contributed by atoms with Crippen molar-refractivity contribution in [3.05, 3.63) is 70.2 Å². The molecule has 0 aliphatic rings. The monoisotopic (exact) mass is 284 g/mol. The molecule has 2 aromatic rings. The first-order chi connectivity index (χ1) is 9.61. The summed E-state index contributed by atoms with van der Waals surface area (Å²) in [5.74, 6) is -0.227.